The number of nitriles is 1. The number of unbranched alkanes of at least 4 members (excludes halogenated alkanes) is 1. The third kappa shape index (κ3) is 4.82. The molecule has 1 saturated carbocycles. The van der Waals surface area contributed by atoms with Crippen LogP contribution in [0.4, 0.5) is 5.69 Å². The van der Waals surface area contributed by atoms with Gasteiger partial charge in [0.1, 0.15) is 5.58 Å². The van der Waals surface area contributed by atoms with Gasteiger partial charge in [-0.3, -0.25) is 9.69 Å². The molecule has 184 valence electrons. The standard InChI is InChI=1S/C29H31N5O2/c30-18-20-4-8-26-25(15-20)21(19-31-26)3-1-2-10-33-11-13-34(14-12-33)24-7-9-27-22(16-24)17-28(36-27)29(35)32-23-5-6-23/h4,7-9,15-17,19,23,31H,1-3,5-6,10-14H2,(H,32,35). The third-order valence-electron chi connectivity index (χ3n) is 7.44. The van der Waals surface area contributed by atoms with Gasteiger partial charge in [-0.25, -0.2) is 0 Å². The second kappa shape index (κ2) is 9.71. The third-order valence-corrected chi connectivity index (χ3v) is 7.44. The molecule has 0 unspecified atom stereocenters. The molecule has 36 heavy (non-hydrogen) atoms. The van der Waals surface area contributed by atoms with Gasteiger partial charge in [-0.05, 0) is 86.7 Å². The number of hydrogen-bond acceptors (Lipinski definition) is 5. The Morgan fingerprint density at radius 3 is 2.75 bits per heavy atom. The minimum Gasteiger partial charge on any atom is -0.451 e. The van der Waals surface area contributed by atoms with Gasteiger partial charge in [0.25, 0.3) is 5.91 Å². The molecule has 2 aromatic heterocycles. The maximum Gasteiger partial charge on any atom is 0.287 e. The number of amides is 1. The largest absolute Gasteiger partial charge is 0.451 e. The SMILES string of the molecule is N#Cc1ccc2[nH]cc(CCCCN3CCN(c4ccc5oc(C(=O)NC6CC6)cc5c4)CC3)c2c1. The summed E-state index contributed by atoms with van der Waals surface area (Å²) in [6.45, 7) is 5.21. The molecule has 4 aromatic rings. The number of benzene rings is 2. The van der Waals surface area contributed by atoms with Crippen molar-refractivity contribution in [2.24, 2.45) is 0 Å². The van der Waals surface area contributed by atoms with Crippen LogP contribution in [-0.4, -0.2) is 54.6 Å². The molecule has 0 radical (unpaired) electrons. The van der Waals surface area contributed by atoms with Crippen molar-refractivity contribution in [1.82, 2.24) is 15.2 Å². The monoisotopic (exact) mass is 481 g/mol. The second-order valence-corrected chi connectivity index (χ2v) is 10.1. The molecular weight excluding hydrogens is 450 g/mol. The van der Waals surface area contributed by atoms with E-state index >= 15 is 0 Å². The van der Waals surface area contributed by atoms with Crippen LogP contribution in [-0.2, 0) is 6.42 Å². The number of carbonyl (C=O) groups excluding carboxylic acids is 1. The number of aromatic nitrogens is 1. The molecule has 3 heterocycles. The van der Waals surface area contributed by atoms with Gasteiger partial charge in [0.15, 0.2) is 5.76 Å². The Labute approximate surface area is 210 Å². The van der Waals surface area contributed by atoms with Gasteiger partial charge < -0.3 is 19.6 Å². The smallest absolute Gasteiger partial charge is 0.287 e. The van der Waals surface area contributed by atoms with Gasteiger partial charge in [-0.1, -0.05) is 0 Å². The lowest BCUT2D eigenvalue weighted by molar-refractivity contribution is 0.0925. The zero-order valence-electron chi connectivity index (χ0n) is 20.4. The second-order valence-electron chi connectivity index (χ2n) is 10.1. The number of hydrogen-bond donors (Lipinski definition) is 2. The summed E-state index contributed by atoms with van der Waals surface area (Å²) in [5.74, 6) is 0.289. The van der Waals surface area contributed by atoms with E-state index in [0.29, 0.717) is 17.4 Å². The van der Waals surface area contributed by atoms with E-state index in [1.54, 1.807) is 0 Å². The minimum atomic E-state index is -0.111. The predicted molar refractivity (Wildman–Crippen MR) is 141 cm³/mol. The zero-order chi connectivity index (χ0) is 24.5. The Bertz CT molecular complexity index is 1430. The van der Waals surface area contributed by atoms with Crippen LogP contribution in [0.25, 0.3) is 21.9 Å². The highest BCUT2D eigenvalue weighted by atomic mass is 16.3. The Balaban J connectivity index is 0.985. The molecule has 0 atom stereocenters. The fourth-order valence-corrected chi connectivity index (χ4v) is 5.16. The quantitative estimate of drug-likeness (QED) is 0.352. The van der Waals surface area contributed by atoms with Crippen LogP contribution in [0.15, 0.2) is 53.1 Å². The van der Waals surface area contributed by atoms with Crippen molar-refractivity contribution in [3.63, 3.8) is 0 Å². The first kappa shape index (κ1) is 22.7. The molecule has 2 aromatic carbocycles. The van der Waals surface area contributed by atoms with E-state index in [9.17, 15) is 10.1 Å². The summed E-state index contributed by atoms with van der Waals surface area (Å²) < 4.78 is 5.78. The molecule has 1 amide bonds. The number of rotatable bonds is 8. The number of aryl methyl sites for hydroxylation is 1. The number of aromatic amines is 1. The number of fused-ring (bicyclic) bond motifs is 2. The molecule has 7 nitrogen and oxygen atoms in total. The number of anilines is 1. The molecule has 7 heteroatoms. The Morgan fingerprint density at radius 1 is 1.08 bits per heavy atom. The van der Waals surface area contributed by atoms with Gasteiger partial charge in [0.2, 0.25) is 0 Å². The van der Waals surface area contributed by atoms with E-state index in [2.05, 4.69) is 44.5 Å². The fourth-order valence-electron chi connectivity index (χ4n) is 5.16. The minimum absolute atomic E-state index is 0.111. The van der Waals surface area contributed by atoms with E-state index in [4.69, 9.17) is 4.42 Å². The average Bonchev–Trinajstić information content (AvgIpc) is 3.47. The lowest BCUT2D eigenvalue weighted by Crippen LogP contribution is -2.46. The van der Waals surface area contributed by atoms with E-state index in [-0.39, 0.29) is 5.91 Å². The van der Waals surface area contributed by atoms with Gasteiger partial charge in [-0.15, -0.1) is 0 Å². The highest BCUT2D eigenvalue weighted by Crippen LogP contribution is 2.27. The van der Waals surface area contributed by atoms with Gasteiger partial charge in [0, 0.05) is 60.4 Å². The lowest BCUT2D eigenvalue weighted by atomic mass is 10.1. The van der Waals surface area contributed by atoms with E-state index in [1.165, 1.54) is 16.6 Å². The highest BCUT2D eigenvalue weighted by molar-refractivity contribution is 5.97. The van der Waals surface area contributed by atoms with Gasteiger partial charge in [-0.2, -0.15) is 5.26 Å². The molecule has 2 fully saturated rings. The van der Waals surface area contributed by atoms with Crippen molar-refractivity contribution in [3.05, 3.63) is 65.5 Å². The topological polar surface area (TPSA) is 88.3 Å². The summed E-state index contributed by atoms with van der Waals surface area (Å²) in [4.78, 5) is 20.6. The first-order valence-corrected chi connectivity index (χ1v) is 13.0. The summed E-state index contributed by atoms with van der Waals surface area (Å²) in [7, 11) is 0. The fraction of sp³-hybridized carbons (Fsp3) is 0.379. The van der Waals surface area contributed by atoms with E-state index in [0.717, 1.165) is 81.3 Å². The van der Waals surface area contributed by atoms with Crippen molar-refractivity contribution < 1.29 is 9.21 Å². The summed E-state index contributed by atoms with van der Waals surface area (Å²) in [5.41, 5.74) is 5.07. The maximum absolute atomic E-state index is 12.3. The van der Waals surface area contributed by atoms with Crippen molar-refractivity contribution in [3.8, 4) is 6.07 Å². The molecule has 2 aliphatic rings. The first-order valence-electron chi connectivity index (χ1n) is 13.0. The average molecular weight is 482 g/mol. The number of furan rings is 1. The first-order chi connectivity index (χ1) is 17.7. The molecule has 1 saturated heterocycles. The van der Waals surface area contributed by atoms with Crippen molar-refractivity contribution in [2.75, 3.05) is 37.6 Å². The summed E-state index contributed by atoms with van der Waals surface area (Å²) in [5, 5.41) is 14.3. The number of piperazine rings is 1. The predicted octanol–water partition coefficient (Wildman–Crippen LogP) is 4.82. The number of H-pyrrole nitrogens is 1. The summed E-state index contributed by atoms with van der Waals surface area (Å²) in [6.07, 6.45) is 7.55. The van der Waals surface area contributed by atoms with Crippen LogP contribution in [0.3, 0.4) is 0 Å². The number of carbonyl (C=O) groups is 1. The number of nitrogens with one attached hydrogen (secondary N) is 2. The molecule has 0 spiro atoms. The maximum atomic E-state index is 12.3. The summed E-state index contributed by atoms with van der Waals surface area (Å²) in [6, 6.07) is 16.5. The van der Waals surface area contributed by atoms with Crippen LogP contribution >= 0.6 is 0 Å². The Hall–Kier alpha value is -3.76. The van der Waals surface area contributed by atoms with Crippen LogP contribution in [0.1, 0.15) is 47.4 Å². The van der Waals surface area contributed by atoms with E-state index in [1.807, 2.05) is 30.3 Å². The normalized spacial score (nSPS) is 16.5. The molecule has 1 aliphatic heterocycles. The molecule has 6 rings (SSSR count). The van der Waals surface area contributed by atoms with E-state index < -0.39 is 0 Å². The van der Waals surface area contributed by atoms with Crippen molar-refractivity contribution in [1.29, 1.82) is 5.26 Å². The summed E-state index contributed by atoms with van der Waals surface area (Å²) >= 11 is 0. The lowest BCUT2D eigenvalue weighted by Gasteiger charge is -2.36. The van der Waals surface area contributed by atoms with Crippen LogP contribution < -0.4 is 10.2 Å². The number of nitrogens with zero attached hydrogens (tertiary/aromatic N) is 3. The Morgan fingerprint density at radius 2 is 1.94 bits per heavy atom. The van der Waals surface area contributed by atoms with Crippen molar-refractivity contribution >= 4 is 33.5 Å². The Kier molecular flexibility index (Phi) is 6.12. The van der Waals surface area contributed by atoms with Crippen molar-refractivity contribution in [2.45, 2.75) is 38.1 Å². The molecule has 1 aliphatic carbocycles. The van der Waals surface area contributed by atoms with Crippen LogP contribution in [0.5, 0.6) is 0 Å². The van der Waals surface area contributed by atoms with Crippen LogP contribution in [0, 0.1) is 11.3 Å². The highest BCUT2D eigenvalue weighted by Gasteiger charge is 2.25. The zero-order valence-corrected chi connectivity index (χ0v) is 20.4. The molecular formula is C29H31N5O2. The van der Waals surface area contributed by atoms with Gasteiger partial charge >= 0.3 is 0 Å². The molecule has 0 bridgehead atoms. The van der Waals surface area contributed by atoms with Crippen LogP contribution in [0.2, 0.25) is 0 Å². The molecule has 2 N–H and O–H groups in total. The van der Waals surface area contributed by atoms with Gasteiger partial charge in [0.05, 0.1) is 11.6 Å².